The largest absolute Gasteiger partial charge is 0.494 e. The van der Waals surface area contributed by atoms with Crippen LogP contribution in [0.5, 0.6) is 5.75 Å². The third-order valence-electron chi connectivity index (χ3n) is 1.68. The number of ketones is 1. The summed E-state index contributed by atoms with van der Waals surface area (Å²) in [6.45, 7) is 2.18. The minimum atomic E-state index is -4.83. The topological polar surface area (TPSA) is 26.3 Å². The first-order chi connectivity index (χ1) is 6.95. The van der Waals surface area contributed by atoms with Crippen molar-refractivity contribution in [1.29, 1.82) is 0 Å². The summed E-state index contributed by atoms with van der Waals surface area (Å²) < 4.78 is 41.0. The van der Waals surface area contributed by atoms with Gasteiger partial charge in [-0.1, -0.05) is 0 Å². The standard InChI is InChI=1S/C10H9F3O2/c1-2-15-8-5-3-7(4-6-8)9(14)10(11,12)13/h3-6H,2H2,1H3. The average molecular weight is 218 g/mol. The average Bonchev–Trinajstić information content (AvgIpc) is 2.17. The van der Waals surface area contributed by atoms with Gasteiger partial charge >= 0.3 is 6.18 Å². The van der Waals surface area contributed by atoms with Crippen LogP contribution >= 0.6 is 0 Å². The molecule has 1 aromatic carbocycles. The summed E-state index contributed by atoms with van der Waals surface area (Å²) in [7, 11) is 0. The molecule has 0 fully saturated rings. The Labute approximate surface area is 84.7 Å². The molecule has 0 amide bonds. The first-order valence-electron chi connectivity index (χ1n) is 4.29. The molecular weight excluding hydrogens is 209 g/mol. The quantitative estimate of drug-likeness (QED) is 0.729. The number of rotatable bonds is 3. The number of hydrogen-bond acceptors (Lipinski definition) is 2. The van der Waals surface area contributed by atoms with Gasteiger partial charge in [-0.25, -0.2) is 0 Å². The van der Waals surface area contributed by atoms with Gasteiger partial charge in [-0.05, 0) is 31.2 Å². The van der Waals surface area contributed by atoms with Gasteiger partial charge in [-0.15, -0.1) is 0 Å². The van der Waals surface area contributed by atoms with Gasteiger partial charge in [0.15, 0.2) is 0 Å². The number of Topliss-reactive ketones (excluding diaryl/α,β-unsaturated/α-hetero) is 1. The van der Waals surface area contributed by atoms with Crippen molar-refractivity contribution in [3.63, 3.8) is 0 Å². The van der Waals surface area contributed by atoms with Crippen molar-refractivity contribution >= 4 is 5.78 Å². The van der Waals surface area contributed by atoms with Gasteiger partial charge in [0.25, 0.3) is 5.78 Å². The Morgan fingerprint density at radius 3 is 2.20 bits per heavy atom. The van der Waals surface area contributed by atoms with E-state index in [0.717, 1.165) is 12.1 Å². The Morgan fingerprint density at radius 1 is 1.27 bits per heavy atom. The van der Waals surface area contributed by atoms with Gasteiger partial charge in [0.1, 0.15) is 5.75 Å². The molecule has 0 aliphatic carbocycles. The van der Waals surface area contributed by atoms with E-state index in [4.69, 9.17) is 4.74 Å². The summed E-state index contributed by atoms with van der Waals surface area (Å²) in [6, 6.07) is 4.87. The molecule has 0 saturated carbocycles. The van der Waals surface area contributed by atoms with E-state index in [1.807, 2.05) is 0 Å². The van der Waals surface area contributed by atoms with Gasteiger partial charge in [-0.2, -0.15) is 13.2 Å². The number of hydrogen-bond donors (Lipinski definition) is 0. The predicted octanol–water partition coefficient (Wildman–Crippen LogP) is 2.83. The van der Waals surface area contributed by atoms with E-state index in [1.54, 1.807) is 6.92 Å². The molecule has 0 radical (unpaired) electrons. The van der Waals surface area contributed by atoms with E-state index < -0.39 is 12.0 Å². The Morgan fingerprint density at radius 2 is 1.80 bits per heavy atom. The number of alkyl halides is 3. The third-order valence-corrected chi connectivity index (χ3v) is 1.68. The molecule has 1 aromatic rings. The maximum Gasteiger partial charge on any atom is 0.454 e. The van der Waals surface area contributed by atoms with Crippen molar-refractivity contribution in [3.8, 4) is 5.75 Å². The summed E-state index contributed by atoms with van der Waals surface area (Å²) in [5.41, 5.74) is -0.383. The fourth-order valence-electron chi connectivity index (χ4n) is 1.03. The van der Waals surface area contributed by atoms with Gasteiger partial charge in [-0.3, -0.25) is 4.79 Å². The van der Waals surface area contributed by atoms with Crippen molar-refractivity contribution in [2.24, 2.45) is 0 Å². The van der Waals surface area contributed by atoms with Gasteiger partial charge in [0.05, 0.1) is 6.61 Å². The van der Waals surface area contributed by atoms with Crippen molar-refractivity contribution in [1.82, 2.24) is 0 Å². The molecule has 2 nitrogen and oxygen atoms in total. The van der Waals surface area contributed by atoms with Crippen LogP contribution in [0.25, 0.3) is 0 Å². The molecule has 0 atom stereocenters. The van der Waals surface area contributed by atoms with Crippen LogP contribution in [0.3, 0.4) is 0 Å². The van der Waals surface area contributed by atoms with Crippen molar-refractivity contribution in [2.45, 2.75) is 13.1 Å². The Kier molecular flexibility index (Phi) is 3.34. The molecule has 0 aromatic heterocycles. The molecule has 15 heavy (non-hydrogen) atoms. The molecule has 0 N–H and O–H groups in total. The lowest BCUT2D eigenvalue weighted by Gasteiger charge is -2.06. The second-order valence-corrected chi connectivity index (χ2v) is 2.78. The predicted molar refractivity (Wildman–Crippen MR) is 48.0 cm³/mol. The lowest BCUT2D eigenvalue weighted by atomic mass is 10.1. The van der Waals surface area contributed by atoms with E-state index in [1.165, 1.54) is 12.1 Å². The van der Waals surface area contributed by atoms with Gasteiger partial charge in [0, 0.05) is 5.56 Å². The molecule has 0 spiro atoms. The van der Waals surface area contributed by atoms with Crippen LogP contribution < -0.4 is 4.74 Å². The SMILES string of the molecule is CCOc1ccc(C(=O)C(F)(F)F)cc1. The maximum atomic E-state index is 12.0. The van der Waals surface area contributed by atoms with Crippen LogP contribution in [0.1, 0.15) is 17.3 Å². The number of carbonyl (C=O) groups is 1. The fourth-order valence-corrected chi connectivity index (χ4v) is 1.03. The lowest BCUT2D eigenvalue weighted by Crippen LogP contribution is -2.22. The maximum absolute atomic E-state index is 12.0. The van der Waals surface area contributed by atoms with E-state index in [9.17, 15) is 18.0 Å². The van der Waals surface area contributed by atoms with Gasteiger partial charge < -0.3 is 4.74 Å². The molecule has 0 aliphatic heterocycles. The van der Waals surface area contributed by atoms with Crippen molar-refractivity contribution < 1.29 is 22.7 Å². The second kappa shape index (κ2) is 4.33. The summed E-state index contributed by atoms with van der Waals surface area (Å²) in [5.74, 6) is -1.40. The Hall–Kier alpha value is -1.52. The van der Waals surface area contributed by atoms with Crippen LogP contribution in [0.4, 0.5) is 13.2 Å². The second-order valence-electron chi connectivity index (χ2n) is 2.78. The number of benzene rings is 1. The van der Waals surface area contributed by atoms with Crippen LogP contribution in [0, 0.1) is 0 Å². The number of halogens is 3. The molecule has 5 heteroatoms. The summed E-state index contributed by atoms with van der Waals surface area (Å²) in [5, 5.41) is 0. The van der Waals surface area contributed by atoms with Crippen molar-refractivity contribution in [2.75, 3.05) is 6.61 Å². The molecule has 0 aliphatic rings. The lowest BCUT2D eigenvalue weighted by molar-refractivity contribution is -0.0885. The van der Waals surface area contributed by atoms with Crippen LogP contribution in [0.2, 0.25) is 0 Å². The zero-order valence-electron chi connectivity index (χ0n) is 7.97. The highest BCUT2D eigenvalue weighted by Crippen LogP contribution is 2.22. The van der Waals surface area contributed by atoms with Crippen LogP contribution in [0.15, 0.2) is 24.3 Å². The van der Waals surface area contributed by atoms with Crippen LogP contribution in [-0.4, -0.2) is 18.6 Å². The van der Waals surface area contributed by atoms with E-state index in [0.29, 0.717) is 12.4 Å². The van der Waals surface area contributed by atoms with E-state index in [-0.39, 0.29) is 5.56 Å². The van der Waals surface area contributed by atoms with Crippen molar-refractivity contribution in [3.05, 3.63) is 29.8 Å². The molecular formula is C10H9F3O2. The molecule has 82 valence electrons. The molecule has 0 saturated heterocycles. The minimum Gasteiger partial charge on any atom is -0.494 e. The first-order valence-corrected chi connectivity index (χ1v) is 4.29. The Balaban J connectivity index is 2.85. The first kappa shape index (κ1) is 11.6. The highest BCUT2D eigenvalue weighted by Gasteiger charge is 2.39. The summed E-state index contributed by atoms with van der Waals surface area (Å²) in [4.78, 5) is 10.8. The van der Waals surface area contributed by atoms with E-state index >= 15 is 0 Å². The zero-order valence-corrected chi connectivity index (χ0v) is 7.97. The number of carbonyl (C=O) groups excluding carboxylic acids is 1. The number of ether oxygens (including phenoxy) is 1. The normalized spacial score (nSPS) is 11.2. The molecule has 0 unspecified atom stereocenters. The monoisotopic (exact) mass is 218 g/mol. The summed E-state index contributed by atoms with van der Waals surface area (Å²) >= 11 is 0. The molecule has 0 heterocycles. The van der Waals surface area contributed by atoms with Crippen LogP contribution in [-0.2, 0) is 0 Å². The van der Waals surface area contributed by atoms with Gasteiger partial charge in [0.2, 0.25) is 0 Å². The highest BCUT2D eigenvalue weighted by atomic mass is 19.4. The zero-order chi connectivity index (χ0) is 11.5. The Bertz CT molecular complexity index is 341. The van der Waals surface area contributed by atoms with E-state index in [2.05, 4.69) is 0 Å². The summed E-state index contributed by atoms with van der Waals surface area (Å²) in [6.07, 6.45) is -4.83. The third kappa shape index (κ3) is 2.97. The highest BCUT2D eigenvalue weighted by molar-refractivity contribution is 6.00. The molecule has 0 bridgehead atoms. The fraction of sp³-hybridized carbons (Fsp3) is 0.300. The minimum absolute atomic E-state index is 0.383. The molecule has 1 rings (SSSR count). The smallest absolute Gasteiger partial charge is 0.454 e.